The molecule has 1 unspecified atom stereocenters. The van der Waals surface area contributed by atoms with Crippen LogP contribution in [0.15, 0.2) is 24.3 Å². The quantitative estimate of drug-likeness (QED) is 0.774. The zero-order valence-corrected chi connectivity index (χ0v) is 7.90. The first-order valence-electron chi connectivity index (χ1n) is 3.83. The topological polar surface area (TPSA) is 26.0 Å². The van der Waals surface area contributed by atoms with Crippen molar-refractivity contribution in [1.29, 1.82) is 0 Å². The van der Waals surface area contributed by atoms with Crippen LogP contribution in [0.4, 0.5) is 13.2 Å². The molecule has 1 rings (SSSR count). The van der Waals surface area contributed by atoms with Gasteiger partial charge in [-0.1, -0.05) is 24.4 Å². The highest BCUT2D eigenvalue weighted by atomic mass is 32.1. The van der Waals surface area contributed by atoms with Crippen molar-refractivity contribution >= 4 is 17.6 Å². The molecule has 76 valence electrons. The molecular weight excluding hydrogens is 211 g/mol. The van der Waals surface area contributed by atoms with E-state index in [1.807, 2.05) is 0 Å². The van der Waals surface area contributed by atoms with Crippen LogP contribution in [0.1, 0.15) is 17.2 Å². The van der Waals surface area contributed by atoms with Crippen molar-refractivity contribution in [3.05, 3.63) is 35.4 Å². The third-order valence-corrected chi connectivity index (χ3v) is 2.06. The summed E-state index contributed by atoms with van der Waals surface area (Å²) in [4.78, 5) is 0. The smallest absolute Gasteiger partial charge is 0.320 e. The van der Waals surface area contributed by atoms with E-state index in [9.17, 15) is 13.2 Å². The molecule has 1 aromatic rings. The molecule has 0 heterocycles. The summed E-state index contributed by atoms with van der Waals surface area (Å²) in [6, 6.07) is 4.15. The molecule has 2 N–H and O–H groups in total. The summed E-state index contributed by atoms with van der Waals surface area (Å²) in [5.41, 5.74) is 5.41. The van der Waals surface area contributed by atoms with E-state index in [1.54, 1.807) is 0 Å². The standard InChI is InChI=1S/C9H8F3NS/c10-9(11,12)7-3-1-6(2-4-7)8(13)5-14/h1-5,8H,13H2. The van der Waals surface area contributed by atoms with Gasteiger partial charge in [0, 0.05) is 5.37 Å². The Labute approximate surface area is 84.7 Å². The van der Waals surface area contributed by atoms with E-state index >= 15 is 0 Å². The van der Waals surface area contributed by atoms with Gasteiger partial charge in [0.25, 0.3) is 0 Å². The number of hydrogen-bond donors (Lipinski definition) is 1. The molecule has 0 fully saturated rings. The highest BCUT2D eigenvalue weighted by Gasteiger charge is 2.29. The number of benzene rings is 1. The van der Waals surface area contributed by atoms with Gasteiger partial charge in [-0.05, 0) is 17.7 Å². The molecular formula is C9H8F3NS. The zero-order chi connectivity index (χ0) is 10.8. The van der Waals surface area contributed by atoms with Crippen LogP contribution in [0.25, 0.3) is 0 Å². The number of hydrogen-bond acceptors (Lipinski definition) is 2. The van der Waals surface area contributed by atoms with Crippen LogP contribution >= 0.6 is 12.2 Å². The highest BCUT2D eigenvalue weighted by Crippen LogP contribution is 2.29. The van der Waals surface area contributed by atoms with Crippen LogP contribution in [0, 0.1) is 0 Å². The Morgan fingerprint density at radius 1 is 1.21 bits per heavy atom. The van der Waals surface area contributed by atoms with Gasteiger partial charge in [-0.25, -0.2) is 0 Å². The summed E-state index contributed by atoms with van der Waals surface area (Å²) in [7, 11) is 0. The van der Waals surface area contributed by atoms with Gasteiger partial charge in [0.05, 0.1) is 11.6 Å². The Balaban J connectivity index is 2.95. The first kappa shape index (κ1) is 11.1. The van der Waals surface area contributed by atoms with Gasteiger partial charge >= 0.3 is 6.18 Å². The summed E-state index contributed by atoms with van der Waals surface area (Å²) in [6.45, 7) is 0. The minimum Gasteiger partial charge on any atom is -0.320 e. The van der Waals surface area contributed by atoms with Crippen LogP contribution in [0.3, 0.4) is 0 Å². The van der Waals surface area contributed by atoms with Crippen LogP contribution in [0.5, 0.6) is 0 Å². The molecule has 0 radical (unpaired) electrons. The predicted octanol–water partition coefficient (Wildman–Crippen LogP) is 2.70. The van der Waals surface area contributed by atoms with E-state index in [2.05, 4.69) is 12.2 Å². The third kappa shape index (κ3) is 2.52. The first-order chi connectivity index (χ1) is 6.45. The summed E-state index contributed by atoms with van der Waals surface area (Å²) in [5.74, 6) is 0. The summed E-state index contributed by atoms with van der Waals surface area (Å²) >= 11 is 4.59. The molecule has 1 aromatic carbocycles. The van der Waals surface area contributed by atoms with E-state index in [4.69, 9.17) is 5.73 Å². The second-order valence-corrected chi connectivity index (χ2v) is 3.05. The average molecular weight is 219 g/mol. The monoisotopic (exact) mass is 219 g/mol. The average Bonchev–Trinajstić information content (AvgIpc) is 2.15. The van der Waals surface area contributed by atoms with Gasteiger partial charge in [0.2, 0.25) is 0 Å². The van der Waals surface area contributed by atoms with Gasteiger partial charge in [-0.3, -0.25) is 0 Å². The maximum absolute atomic E-state index is 12.1. The molecule has 0 saturated heterocycles. The molecule has 0 amide bonds. The van der Waals surface area contributed by atoms with Gasteiger partial charge in [0.1, 0.15) is 0 Å². The number of alkyl halides is 3. The van der Waals surface area contributed by atoms with Crippen LogP contribution in [0.2, 0.25) is 0 Å². The highest BCUT2D eigenvalue weighted by molar-refractivity contribution is 7.79. The van der Waals surface area contributed by atoms with Crippen LogP contribution in [-0.2, 0) is 6.18 Å². The van der Waals surface area contributed by atoms with Gasteiger partial charge in [-0.2, -0.15) is 13.2 Å². The van der Waals surface area contributed by atoms with E-state index in [1.165, 1.54) is 17.5 Å². The van der Waals surface area contributed by atoms with Crippen molar-refractivity contribution in [2.45, 2.75) is 12.2 Å². The van der Waals surface area contributed by atoms with Gasteiger partial charge < -0.3 is 5.73 Å². The molecule has 0 aliphatic carbocycles. The molecule has 0 aromatic heterocycles. The molecule has 1 atom stereocenters. The lowest BCUT2D eigenvalue weighted by atomic mass is 10.1. The minimum atomic E-state index is -4.31. The molecule has 0 saturated carbocycles. The number of rotatable bonds is 2. The minimum absolute atomic E-state index is 0.493. The lowest BCUT2D eigenvalue weighted by Gasteiger charge is -2.09. The predicted molar refractivity (Wildman–Crippen MR) is 52.0 cm³/mol. The fourth-order valence-electron chi connectivity index (χ4n) is 0.973. The number of halogens is 3. The summed E-state index contributed by atoms with van der Waals surface area (Å²) < 4.78 is 36.4. The molecule has 0 spiro atoms. The largest absolute Gasteiger partial charge is 0.416 e. The van der Waals surface area contributed by atoms with Crippen molar-refractivity contribution in [1.82, 2.24) is 0 Å². The van der Waals surface area contributed by atoms with Crippen LogP contribution in [-0.4, -0.2) is 5.37 Å². The molecule has 0 aliphatic rings. The Hall–Kier alpha value is -0.940. The maximum atomic E-state index is 12.1. The van der Waals surface area contributed by atoms with E-state index in [0.717, 1.165) is 12.1 Å². The fraction of sp³-hybridized carbons (Fsp3) is 0.222. The van der Waals surface area contributed by atoms with Crippen molar-refractivity contribution in [3.8, 4) is 0 Å². The Bertz CT molecular complexity index is 318. The Morgan fingerprint density at radius 2 is 1.71 bits per heavy atom. The summed E-state index contributed by atoms with van der Waals surface area (Å²) in [5, 5.41) is 1.31. The molecule has 14 heavy (non-hydrogen) atoms. The first-order valence-corrected chi connectivity index (χ1v) is 4.30. The van der Waals surface area contributed by atoms with E-state index in [-0.39, 0.29) is 0 Å². The third-order valence-electron chi connectivity index (χ3n) is 1.77. The lowest BCUT2D eigenvalue weighted by Crippen LogP contribution is -2.11. The fourth-order valence-corrected chi connectivity index (χ4v) is 1.13. The molecule has 0 aliphatic heterocycles. The number of thiocarbonyl (C=S) groups is 1. The van der Waals surface area contributed by atoms with Gasteiger partial charge in [-0.15, -0.1) is 0 Å². The second-order valence-electron chi connectivity index (χ2n) is 2.78. The van der Waals surface area contributed by atoms with E-state index in [0.29, 0.717) is 5.56 Å². The number of nitrogens with two attached hydrogens (primary N) is 1. The lowest BCUT2D eigenvalue weighted by molar-refractivity contribution is -0.137. The Morgan fingerprint density at radius 3 is 2.07 bits per heavy atom. The van der Waals surface area contributed by atoms with Crippen molar-refractivity contribution in [3.63, 3.8) is 0 Å². The van der Waals surface area contributed by atoms with Crippen LogP contribution < -0.4 is 5.73 Å². The molecule has 5 heteroatoms. The van der Waals surface area contributed by atoms with Crippen molar-refractivity contribution in [2.75, 3.05) is 0 Å². The normalized spacial score (nSPS) is 13.7. The van der Waals surface area contributed by atoms with E-state index < -0.39 is 17.8 Å². The maximum Gasteiger partial charge on any atom is 0.416 e. The van der Waals surface area contributed by atoms with Gasteiger partial charge in [0.15, 0.2) is 0 Å². The summed E-state index contributed by atoms with van der Waals surface area (Å²) in [6.07, 6.45) is -4.31. The SMILES string of the molecule is NC(C=S)c1ccc(C(F)(F)F)cc1. The Kier molecular flexibility index (Phi) is 3.23. The molecule has 0 bridgehead atoms. The van der Waals surface area contributed by atoms with Crippen molar-refractivity contribution in [2.24, 2.45) is 5.73 Å². The second kappa shape index (κ2) is 4.06. The molecule has 1 nitrogen and oxygen atoms in total. The van der Waals surface area contributed by atoms with Crippen molar-refractivity contribution < 1.29 is 13.2 Å². The zero-order valence-electron chi connectivity index (χ0n) is 7.08.